The fourth-order valence-corrected chi connectivity index (χ4v) is 5.32. The van der Waals surface area contributed by atoms with Crippen LogP contribution < -0.4 is 15.5 Å². The highest BCUT2D eigenvalue weighted by molar-refractivity contribution is 5.66. The first kappa shape index (κ1) is 28.7. The number of fused-ring (bicyclic) bond motifs is 1. The molecule has 2 N–H and O–H groups in total. The number of hydrogen-bond donors (Lipinski definition) is 2. The van der Waals surface area contributed by atoms with E-state index in [-0.39, 0.29) is 0 Å². The number of nitrogens with zero attached hydrogens (tertiary/aromatic N) is 4. The van der Waals surface area contributed by atoms with Crippen molar-refractivity contribution < 1.29 is 0 Å². The molecule has 4 rings (SSSR count). The van der Waals surface area contributed by atoms with Gasteiger partial charge in [0.15, 0.2) is 5.65 Å². The van der Waals surface area contributed by atoms with Gasteiger partial charge in [-0.25, -0.2) is 4.98 Å². The normalized spacial score (nSPS) is 13.8. The average molecular weight is 529 g/mol. The smallest absolute Gasteiger partial charge is 0.160 e. The highest BCUT2D eigenvalue weighted by atomic mass is 15.3. The third kappa shape index (κ3) is 7.03. The quantitative estimate of drug-likeness (QED) is 0.201. The third-order valence-electron chi connectivity index (χ3n) is 7.95. The summed E-state index contributed by atoms with van der Waals surface area (Å²) in [4.78, 5) is 7.42. The summed E-state index contributed by atoms with van der Waals surface area (Å²) in [5, 5.41) is 12.2. The van der Waals surface area contributed by atoms with Gasteiger partial charge < -0.3 is 15.5 Å². The first-order valence-electron chi connectivity index (χ1n) is 14.8. The summed E-state index contributed by atoms with van der Waals surface area (Å²) in [6.45, 7) is 23.1. The van der Waals surface area contributed by atoms with Gasteiger partial charge >= 0.3 is 0 Å². The van der Waals surface area contributed by atoms with Crippen LogP contribution in [-0.4, -0.2) is 40.8 Å². The maximum Gasteiger partial charge on any atom is 0.160 e. The molecular formula is C33H48N6. The van der Waals surface area contributed by atoms with Crippen molar-refractivity contribution in [1.82, 2.24) is 19.9 Å². The Bertz CT molecular complexity index is 1300. The molecule has 1 aliphatic heterocycles. The zero-order valence-electron chi connectivity index (χ0n) is 24.9. The molecule has 1 aliphatic rings. The van der Waals surface area contributed by atoms with E-state index in [2.05, 4.69) is 87.6 Å². The monoisotopic (exact) mass is 528 g/mol. The summed E-state index contributed by atoms with van der Waals surface area (Å²) in [6.07, 6.45) is 8.03. The fourth-order valence-electron chi connectivity index (χ4n) is 5.32. The molecule has 0 spiro atoms. The van der Waals surface area contributed by atoms with E-state index in [1.54, 1.807) is 0 Å². The predicted octanol–water partition coefficient (Wildman–Crippen LogP) is 7.42. The van der Waals surface area contributed by atoms with E-state index < -0.39 is 0 Å². The second-order valence-electron chi connectivity index (χ2n) is 11.4. The molecular weight excluding hydrogens is 480 g/mol. The third-order valence-corrected chi connectivity index (χ3v) is 7.95. The standard InChI is InChI=1S/C33H48N6/c1-8-9-10-12-25(5)30-22-31-36-33(38-19-11-20-38)27(7)32(39(31)37-30)35-18-17-34-26(6)14-16-28-15-13-24(4)21-29(28)23(2)3/h13,15,21-22,25,34-35H,2,6,8-12,14,16-20H2,1,3-5,7H3. The summed E-state index contributed by atoms with van der Waals surface area (Å²) in [5.41, 5.74) is 9.28. The van der Waals surface area contributed by atoms with E-state index in [1.807, 2.05) is 4.52 Å². The molecule has 1 aromatic carbocycles. The number of nitrogens with one attached hydrogen (secondary N) is 2. The molecule has 3 aromatic rings. The van der Waals surface area contributed by atoms with Crippen LogP contribution in [0, 0.1) is 13.8 Å². The Hall–Kier alpha value is -3.28. The van der Waals surface area contributed by atoms with E-state index in [1.165, 1.54) is 54.4 Å². The Labute approximate surface area is 235 Å². The van der Waals surface area contributed by atoms with E-state index in [0.717, 1.165) is 73.3 Å². The van der Waals surface area contributed by atoms with Crippen molar-refractivity contribution >= 4 is 22.9 Å². The molecule has 6 nitrogen and oxygen atoms in total. The Kier molecular flexibility index (Phi) is 9.71. The van der Waals surface area contributed by atoms with Gasteiger partial charge in [-0.2, -0.15) is 9.61 Å². The van der Waals surface area contributed by atoms with Crippen LogP contribution in [0.3, 0.4) is 0 Å². The molecule has 1 saturated heterocycles. The molecule has 0 bridgehead atoms. The topological polar surface area (TPSA) is 57.5 Å². The van der Waals surface area contributed by atoms with Crippen molar-refractivity contribution in [3.8, 4) is 0 Å². The summed E-state index contributed by atoms with van der Waals surface area (Å²) in [6, 6.07) is 8.83. The molecule has 1 unspecified atom stereocenters. The number of allylic oxidation sites excluding steroid dienone is 2. The lowest BCUT2D eigenvalue weighted by molar-refractivity contribution is 0.584. The Morgan fingerprint density at radius 2 is 1.90 bits per heavy atom. The van der Waals surface area contributed by atoms with E-state index in [4.69, 9.17) is 10.1 Å². The number of rotatable bonds is 15. The van der Waals surface area contributed by atoms with Crippen molar-refractivity contribution in [3.63, 3.8) is 0 Å². The van der Waals surface area contributed by atoms with Gasteiger partial charge in [-0.05, 0) is 57.6 Å². The molecule has 1 fully saturated rings. The zero-order valence-corrected chi connectivity index (χ0v) is 24.9. The van der Waals surface area contributed by atoms with Gasteiger partial charge in [-0.1, -0.05) is 75.6 Å². The molecule has 1 atom stereocenters. The number of unbranched alkanes of at least 4 members (excludes halogenated alkanes) is 2. The maximum atomic E-state index is 5.04. The van der Waals surface area contributed by atoms with Crippen molar-refractivity contribution in [1.29, 1.82) is 0 Å². The number of hydrogen-bond acceptors (Lipinski definition) is 5. The Morgan fingerprint density at radius 1 is 1.10 bits per heavy atom. The predicted molar refractivity (Wildman–Crippen MR) is 167 cm³/mol. The molecule has 3 heterocycles. The minimum absolute atomic E-state index is 0.433. The summed E-state index contributed by atoms with van der Waals surface area (Å²) in [5.74, 6) is 2.57. The van der Waals surface area contributed by atoms with Gasteiger partial charge in [-0.15, -0.1) is 0 Å². The van der Waals surface area contributed by atoms with Crippen molar-refractivity contribution in [2.75, 3.05) is 36.4 Å². The van der Waals surface area contributed by atoms with Crippen molar-refractivity contribution in [2.45, 2.75) is 85.5 Å². The van der Waals surface area contributed by atoms with Crippen LogP contribution in [0.2, 0.25) is 0 Å². The van der Waals surface area contributed by atoms with Crippen LogP contribution in [0.5, 0.6) is 0 Å². The second kappa shape index (κ2) is 13.2. The molecule has 6 heteroatoms. The molecule has 39 heavy (non-hydrogen) atoms. The SMILES string of the molecule is C=C(CCc1ccc(C)cc1C(=C)C)NCCNc1c(C)c(N2CCC2)nc2cc(C(C)CCCCC)nn12. The second-order valence-corrected chi connectivity index (χ2v) is 11.4. The van der Waals surface area contributed by atoms with Gasteiger partial charge in [0.25, 0.3) is 0 Å². The fraction of sp³-hybridized carbons (Fsp3) is 0.515. The largest absolute Gasteiger partial charge is 0.387 e. The van der Waals surface area contributed by atoms with E-state index >= 15 is 0 Å². The van der Waals surface area contributed by atoms with E-state index in [0.29, 0.717) is 5.92 Å². The zero-order chi connectivity index (χ0) is 27.9. The van der Waals surface area contributed by atoms with Crippen LogP contribution >= 0.6 is 0 Å². The lowest BCUT2D eigenvalue weighted by Crippen LogP contribution is -2.38. The summed E-state index contributed by atoms with van der Waals surface area (Å²) in [7, 11) is 0. The lowest BCUT2D eigenvalue weighted by atomic mass is 9.96. The van der Waals surface area contributed by atoms with Gasteiger partial charge in [0.05, 0.1) is 5.69 Å². The van der Waals surface area contributed by atoms with Crippen LogP contribution in [0.4, 0.5) is 11.6 Å². The number of anilines is 2. The average Bonchev–Trinajstić information content (AvgIpc) is 3.30. The van der Waals surface area contributed by atoms with Crippen LogP contribution in [0.25, 0.3) is 11.2 Å². The van der Waals surface area contributed by atoms with Crippen LogP contribution in [0.1, 0.15) is 93.2 Å². The molecule has 210 valence electrons. The molecule has 0 saturated carbocycles. The maximum absolute atomic E-state index is 5.04. The highest BCUT2D eigenvalue weighted by Crippen LogP contribution is 2.31. The van der Waals surface area contributed by atoms with Gasteiger partial charge in [0.2, 0.25) is 0 Å². The van der Waals surface area contributed by atoms with Gasteiger partial charge in [0, 0.05) is 49.4 Å². The minimum Gasteiger partial charge on any atom is -0.387 e. The van der Waals surface area contributed by atoms with Crippen LogP contribution in [0.15, 0.2) is 43.1 Å². The first-order chi connectivity index (χ1) is 18.8. The molecule has 0 radical (unpaired) electrons. The van der Waals surface area contributed by atoms with Crippen molar-refractivity contribution in [2.24, 2.45) is 0 Å². The molecule has 0 aliphatic carbocycles. The van der Waals surface area contributed by atoms with E-state index in [9.17, 15) is 0 Å². The Balaban J connectivity index is 1.39. The van der Waals surface area contributed by atoms with Crippen molar-refractivity contribution in [3.05, 3.63) is 71.1 Å². The number of aromatic nitrogens is 3. The molecule has 0 amide bonds. The van der Waals surface area contributed by atoms with Gasteiger partial charge in [0.1, 0.15) is 11.6 Å². The summed E-state index contributed by atoms with van der Waals surface area (Å²) < 4.78 is 2.02. The highest BCUT2D eigenvalue weighted by Gasteiger charge is 2.23. The lowest BCUT2D eigenvalue weighted by Gasteiger charge is -2.33. The Morgan fingerprint density at radius 3 is 2.59 bits per heavy atom. The number of aryl methyl sites for hydroxylation is 2. The number of benzene rings is 1. The molecule has 2 aromatic heterocycles. The first-order valence-corrected chi connectivity index (χ1v) is 14.8. The van der Waals surface area contributed by atoms with Crippen LogP contribution in [-0.2, 0) is 6.42 Å². The van der Waals surface area contributed by atoms with Gasteiger partial charge in [-0.3, -0.25) is 0 Å². The summed E-state index contributed by atoms with van der Waals surface area (Å²) >= 11 is 0. The minimum atomic E-state index is 0.433.